The third-order valence-corrected chi connectivity index (χ3v) is 3.65. The number of aliphatic hydroxyl groups is 1. The molecular formula is C14H30O. The fraction of sp³-hybridized carbons (Fsp3) is 1.00. The van der Waals surface area contributed by atoms with Crippen LogP contribution in [0.25, 0.3) is 0 Å². The van der Waals surface area contributed by atoms with Gasteiger partial charge in [-0.3, -0.25) is 0 Å². The maximum Gasteiger partial charge on any atom is 0.0668 e. The van der Waals surface area contributed by atoms with Gasteiger partial charge in [-0.2, -0.15) is 0 Å². The van der Waals surface area contributed by atoms with E-state index in [2.05, 4.69) is 27.7 Å². The Hall–Kier alpha value is -0.0400. The molecule has 0 aromatic rings. The summed E-state index contributed by atoms with van der Waals surface area (Å²) in [6, 6.07) is 0. The van der Waals surface area contributed by atoms with Gasteiger partial charge in [0.05, 0.1) is 5.60 Å². The Bertz CT molecular complexity index is 142. The Labute approximate surface area is 96.3 Å². The molecule has 1 heteroatoms. The monoisotopic (exact) mass is 214 g/mol. The van der Waals surface area contributed by atoms with Gasteiger partial charge < -0.3 is 5.11 Å². The molecule has 0 aromatic carbocycles. The minimum atomic E-state index is -0.412. The van der Waals surface area contributed by atoms with Crippen LogP contribution in [0.5, 0.6) is 0 Å². The lowest BCUT2D eigenvalue weighted by Gasteiger charge is -2.31. The van der Waals surface area contributed by atoms with Crippen LogP contribution in [0.3, 0.4) is 0 Å². The van der Waals surface area contributed by atoms with Crippen molar-refractivity contribution < 1.29 is 5.11 Å². The highest BCUT2D eigenvalue weighted by Crippen LogP contribution is 2.27. The summed E-state index contributed by atoms with van der Waals surface area (Å²) < 4.78 is 0. The summed E-state index contributed by atoms with van der Waals surface area (Å²) in [6.45, 7) is 8.59. The smallest absolute Gasteiger partial charge is 0.0668 e. The predicted molar refractivity (Wildman–Crippen MR) is 68.1 cm³/mol. The molecule has 0 aliphatic carbocycles. The van der Waals surface area contributed by atoms with Crippen LogP contribution in [0.15, 0.2) is 0 Å². The molecule has 0 heterocycles. The fourth-order valence-electron chi connectivity index (χ4n) is 2.09. The standard InChI is InChI=1S/C14H30O/c1-5-7-8-9-10-11-12-14(15,6-2)13(3)4/h13,15H,5-12H2,1-4H3. The molecule has 0 rings (SSSR count). The Morgan fingerprint density at radius 2 is 1.47 bits per heavy atom. The molecule has 0 saturated carbocycles. The summed E-state index contributed by atoms with van der Waals surface area (Å²) in [5, 5.41) is 10.3. The highest BCUT2D eigenvalue weighted by atomic mass is 16.3. The van der Waals surface area contributed by atoms with E-state index in [9.17, 15) is 5.11 Å². The van der Waals surface area contributed by atoms with E-state index in [0.29, 0.717) is 5.92 Å². The zero-order valence-corrected chi connectivity index (χ0v) is 11.2. The Kier molecular flexibility index (Phi) is 8.13. The molecule has 1 nitrogen and oxygen atoms in total. The van der Waals surface area contributed by atoms with E-state index < -0.39 is 5.60 Å². The van der Waals surface area contributed by atoms with Gasteiger partial charge in [0.25, 0.3) is 0 Å². The molecule has 0 aromatic heterocycles. The molecule has 0 aliphatic rings. The van der Waals surface area contributed by atoms with Crippen LogP contribution < -0.4 is 0 Å². The molecule has 0 aliphatic heterocycles. The zero-order chi connectivity index (χ0) is 11.7. The van der Waals surface area contributed by atoms with E-state index in [1.54, 1.807) is 0 Å². The van der Waals surface area contributed by atoms with Gasteiger partial charge in [0.1, 0.15) is 0 Å². The lowest BCUT2D eigenvalue weighted by molar-refractivity contribution is -0.0186. The van der Waals surface area contributed by atoms with Crippen LogP contribution in [-0.2, 0) is 0 Å². The van der Waals surface area contributed by atoms with Crippen molar-refractivity contribution in [2.24, 2.45) is 5.92 Å². The number of hydrogen-bond acceptors (Lipinski definition) is 1. The van der Waals surface area contributed by atoms with Gasteiger partial charge in [0.15, 0.2) is 0 Å². The Morgan fingerprint density at radius 1 is 0.933 bits per heavy atom. The van der Waals surface area contributed by atoms with Crippen molar-refractivity contribution in [3.63, 3.8) is 0 Å². The predicted octanol–water partition coefficient (Wildman–Crippen LogP) is 4.53. The highest BCUT2D eigenvalue weighted by Gasteiger charge is 2.27. The van der Waals surface area contributed by atoms with Crippen molar-refractivity contribution in [1.82, 2.24) is 0 Å². The largest absolute Gasteiger partial charge is 0.390 e. The number of rotatable bonds is 9. The molecule has 0 spiro atoms. The number of hydrogen-bond donors (Lipinski definition) is 1. The van der Waals surface area contributed by atoms with Crippen LogP contribution in [0.4, 0.5) is 0 Å². The average Bonchev–Trinajstić information content (AvgIpc) is 2.22. The van der Waals surface area contributed by atoms with Gasteiger partial charge >= 0.3 is 0 Å². The van der Waals surface area contributed by atoms with Crippen LogP contribution >= 0.6 is 0 Å². The minimum Gasteiger partial charge on any atom is -0.390 e. The SMILES string of the molecule is CCCCCCCCC(O)(CC)C(C)C. The second-order valence-electron chi connectivity index (χ2n) is 5.13. The molecule has 0 saturated heterocycles. The van der Waals surface area contributed by atoms with E-state index in [4.69, 9.17) is 0 Å². The maximum atomic E-state index is 10.3. The molecule has 0 radical (unpaired) electrons. The van der Waals surface area contributed by atoms with Gasteiger partial charge in [-0.25, -0.2) is 0 Å². The van der Waals surface area contributed by atoms with E-state index >= 15 is 0 Å². The van der Waals surface area contributed by atoms with Crippen LogP contribution in [-0.4, -0.2) is 10.7 Å². The first-order valence-corrected chi connectivity index (χ1v) is 6.79. The normalized spacial score (nSPS) is 15.6. The van der Waals surface area contributed by atoms with Gasteiger partial charge in [-0.1, -0.05) is 66.2 Å². The fourth-order valence-corrected chi connectivity index (χ4v) is 2.09. The molecular weight excluding hydrogens is 184 g/mol. The molecule has 0 bridgehead atoms. The molecule has 15 heavy (non-hydrogen) atoms. The summed E-state index contributed by atoms with van der Waals surface area (Å²) in [5.74, 6) is 0.387. The van der Waals surface area contributed by atoms with Crippen LogP contribution in [0, 0.1) is 5.92 Å². The van der Waals surface area contributed by atoms with Crippen molar-refractivity contribution in [1.29, 1.82) is 0 Å². The van der Waals surface area contributed by atoms with Crippen molar-refractivity contribution in [3.8, 4) is 0 Å². The Morgan fingerprint density at radius 3 is 1.93 bits per heavy atom. The van der Waals surface area contributed by atoms with E-state index in [1.807, 2.05) is 0 Å². The molecule has 0 amide bonds. The summed E-state index contributed by atoms with van der Waals surface area (Å²) in [5.41, 5.74) is -0.412. The lowest BCUT2D eigenvalue weighted by atomic mass is 9.83. The first-order valence-electron chi connectivity index (χ1n) is 6.79. The van der Waals surface area contributed by atoms with Gasteiger partial charge in [-0.05, 0) is 18.8 Å². The quantitative estimate of drug-likeness (QED) is 0.559. The third-order valence-electron chi connectivity index (χ3n) is 3.65. The van der Waals surface area contributed by atoms with Crippen molar-refractivity contribution in [2.75, 3.05) is 0 Å². The van der Waals surface area contributed by atoms with E-state index in [1.165, 1.54) is 38.5 Å². The first kappa shape index (κ1) is 15.0. The topological polar surface area (TPSA) is 20.2 Å². The summed E-state index contributed by atoms with van der Waals surface area (Å²) >= 11 is 0. The van der Waals surface area contributed by atoms with Crippen LogP contribution in [0.1, 0.15) is 79.1 Å². The average molecular weight is 214 g/mol. The van der Waals surface area contributed by atoms with E-state index in [0.717, 1.165) is 12.8 Å². The molecule has 1 N–H and O–H groups in total. The molecule has 1 atom stereocenters. The molecule has 92 valence electrons. The first-order chi connectivity index (χ1) is 7.06. The van der Waals surface area contributed by atoms with Gasteiger partial charge in [-0.15, -0.1) is 0 Å². The Balaban J connectivity index is 3.55. The lowest BCUT2D eigenvalue weighted by Crippen LogP contribution is -2.33. The maximum absolute atomic E-state index is 10.3. The summed E-state index contributed by atoms with van der Waals surface area (Å²) in [7, 11) is 0. The van der Waals surface area contributed by atoms with E-state index in [-0.39, 0.29) is 0 Å². The summed E-state index contributed by atoms with van der Waals surface area (Å²) in [4.78, 5) is 0. The molecule has 1 unspecified atom stereocenters. The number of unbranched alkanes of at least 4 members (excludes halogenated alkanes) is 5. The molecule has 0 fully saturated rings. The van der Waals surface area contributed by atoms with Crippen molar-refractivity contribution >= 4 is 0 Å². The second-order valence-corrected chi connectivity index (χ2v) is 5.13. The van der Waals surface area contributed by atoms with Crippen molar-refractivity contribution in [3.05, 3.63) is 0 Å². The van der Waals surface area contributed by atoms with Crippen molar-refractivity contribution in [2.45, 2.75) is 84.7 Å². The second kappa shape index (κ2) is 8.15. The third kappa shape index (κ3) is 6.19. The highest BCUT2D eigenvalue weighted by molar-refractivity contribution is 4.79. The summed E-state index contributed by atoms with van der Waals surface area (Å²) in [6.07, 6.45) is 9.72. The van der Waals surface area contributed by atoms with Crippen LogP contribution in [0.2, 0.25) is 0 Å². The zero-order valence-electron chi connectivity index (χ0n) is 11.2. The van der Waals surface area contributed by atoms with Gasteiger partial charge in [0.2, 0.25) is 0 Å². The van der Waals surface area contributed by atoms with Gasteiger partial charge in [0, 0.05) is 0 Å². The minimum absolute atomic E-state index is 0.387.